The normalized spacial score (nSPS) is 11.9. The average Bonchev–Trinajstić information content (AvgIpc) is 2.44. The van der Waals surface area contributed by atoms with Gasteiger partial charge in [-0.25, -0.2) is 4.79 Å². The van der Waals surface area contributed by atoms with Gasteiger partial charge >= 0.3 is 5.97 Å². The average molecular weight is 294 g/mol. The lowest BCUT2D eigenvalue weighted by Crippen LogP contribution is -2.39. The van der Waals surface area contributed by atoms with Gasteiger partial charge < -0.3 is 20.5 Å². The molecule has 3 N–H and O–H groups in total. The number of amides is 1. The van der Waals surface area contributed by atoms with Gasteiger partial charge in [0.25, 0.3) is 5.91 Å². The van der Waals surface area contributed by atoms with Crippen molar-refractivity contribution in [2.24, 2.45) is 5.92 Å². The van der Waals surface area contributed by atoms with E-state index in [1.165, 1.54) is 19.2 Å². The third-order valence-corrected chi connectivity index (χ3v) is 3.16. The number of rotatable bonds is 6. The summed E-state index contributed by atoms with van der Waals surface area (Å²) < 4.78 is 10.0. The monoisotopic (exact) mass is 294 g/mol. The molecule has 1 aromatic rings. The second kappa shape index (κ2) is 7.52. The van der Waals surface area contributed by atoms with Gasteiger partial charge in [0.05, 0.1) is 7.11 Å². The van der Waals surface area contributed by atoms with Crippen molar-refractivity contribution in [2.45, 2.75) is 26.8 Å². The Hall–Kier alpha value is -2.24. The van der Waals surface area contributed by atoms with E-state index in [0.29, 0.717) is 11.6 Å². The summed E-state index contributed by atoms with van der Waals surface area (Å²) in [5.74, 6) is -0.239. The summed E-state index contributed by atoms with van der Waals surface area (Å²) in [5.41, 5.74) is 6.33. The topological polar surface area (TPSA) is 90.7 Å². The molecule has 0 aliphatic heterocycles. The molecular weight excluding hydrogens is 272 g/mol. The molecule has 0 aliphatic rings. The molecule has 1 rings (SSSR count). The number of benzene rings is 1. The van der Waals surface area contributed by atoms with Gasteiger partial charge in [0.15, 0.2) is 6.61 Å². The maximum Gasteiger partial charge on any atom is 0.341 e. The zero-order valence-corrected chi connectivity index (χ0v) is 12.8. The molecule has 0 bridgehead atoms. The Morgan fingerprint density at radius 1 is 1.29 bits per heavy atom. The molecule has 0 fully saturated rings. The van der Waals surface area contributed by atoms with E-state index in [4.69, 9.17) is 10.5 Å². The largest absolute Gasteiger partial charge is 0.483 e. The molecule has 1 aromatic carbocycles. The molecule has 6 nitrogen and oxygen atoms in total. The highest BCUT2D eigenvalue weighted by atomic mass is 16.5. The van der Waals surface area contributed by atoms with E-state index in [1.807, 2.05) is 20.8 Å². The van der Waals surface area contributed by atoms with E-state index in [2.05, 4.69) is 10.1 Å². The summed E-state index contributed by atoms with van der Waals surface area (Å²) in [6.45, 7) is 5.76. The molecule has 0 aromatic heterocycles. The first-order valence-electron chi connectivity index (χ1n) is 6.75. The third-order valence-electron chi connectivity index (χ3n) is 3.16. The number of ether oxygens (including phenoxy) is 2. The lowest BCUT2D eigenvalue weighted by Gasteiger charge is -2.18. The number of methoxy groups -OCH3 is 1. The summed E-state index contributed by atoms with van der Waals surface area (Å²) in [4.78, 5) is 23.4. The number of esters is 1. The third kappa shape index (κ3) is 4.98. The maximum atomic E-state index is 11.8. The SMILES string of the molecule is COC(=O)c1ccc(N)cc1OCC(=O)NC(C)C(C)C. The summed E-state index contributed by atoms with van der Waals surface area (Å²) in [6.07, 6.45) is 0. The minimum absolute atomic E-state index is 0.0435. The highest BCUT2D eigenvalue weighted by Gasteiger charge is 2.16. The first kappa shape index (κ1) is 16.8. The van der Waals surface area contributed by atoms with Crippen LogP contribution in [-0.2, 0) is 9.53 Å². The van der Waals surface area contributed by atoms with Crippen LogP contribution in [0.25, 0.3) is 0 Å². The first-order valence-corrected chi connectivity index (χ1v) is 6.75. The van der Waals surface area contributed by atoms with Gasteiger partial charge in [-0.05, 0) is 25.0 Å². The van der Waals surface area contributed by atoms with Crippen LogP contribution in [0.2, 0.25) is 0 Å². The zero-order chi connectivity index (χ0) is 16.0. The maximum absolute atomic E-state index is 11.8. The minimum atomic E-state index is -0.541. The van der Waals surface area contributed by atoms with Crippen LogP contribution >= 0.6 is 0 Å². The number of carbonyl (C=O) groups excluding carboxylic acids is 2. The van der Waals surface area contributed by atoms with Crippen molar-refractivity contribution in [1.29, 1.82) is 0 Å². The van der Waals surface area contributed by atoms with Crippen molar-refractivity contribution in [3.63, 3.8) is 0 Å². The standard InChI is InChI=1S/C15H22N2O4/c1-9(2)10(3)17-14(18)8-21-13-7-11(16)5-6-12(13)15(19)20-4/h5-7,9-10H,8,16H2,1-4H3,(H,17,18). The van der Waals surface area contributed by atoms with Crippen LogP contribution in [-0.4, -0.2) is 31.6 Å². The van der Waals surface area contributed by atoms with E-state index in [-0.39, 0.29) is 29.9 Å². The number of nitrogens with two attached hydrogens (primary N) is 1. The number of nitrogen functional groups attached to an aromatic ring is 1. The fourth-order valence-corrected chi connectivity index (χ4v) is 1.54. The molecule has 116 valence electrons. The Labute approximate surface area is 124 Å². The lowest BCUT2D eigenvalue weighted by atomic mass is 10.1. The first-order chi connectivity index (χ1) is 9.85. The summed E-state index contributed by atoms with van der Waals surface area (Å²) >= 11 is 0. The van der Waals surface area contributed by atoms with Crippen LogP contribution in [0.5, 0.6) is 5.75 Å². The quantitative estimate of drug-likeness (QED) is 0.614. The van der Waals surface area contributed by atoms with E-state index in [0.717, 1.165) is 0 Å². The van der Waals surface area contributed by atoms with E-state index in [9.17, 15) is 9.59 Å². The molecule has 0 saturated heterocycles. The Bertz CT molecular complexity index is 514. The van der Waals surface area contributed by atoms with E-state index in [1.54, 1.807) is 6.07 Å². The molecule has 6 heteroatoms. The molecule has 1 atom stereocenters. The van der Waals surface area contributed by atoms with Crippen LogP contribution in [0.15, 0.2) is 18.2 Å². The molecule has 21 heavy (non-hydrogen) atoms. The smallest absolute Gasteiger partial charge is 0.341 e. The number of anilines is 1. The van der Waals surface area contributed by atoms with Gasteiger partial charge in [0, 0.05) is 17.8 Å². The van der Waals surface area contributed by atoms with Crippen LogP contribution in [0.4, 0.5) is 5.69 Å². The van der Waals surface area contributed by atoms with Gasteiger partial charge in [-0.2, -0.15) is 0 Å². The van der Waals surface area contributed by atoms with Crippen LogP contribution < -0.4 is 15.8 Å². The summed E-state index contributed by atoms with van der Waals surface area (Å²) in [6, 6.07) is 4.61. The Kier molecular flexibility index (Phi) is 6.02. The van der Waals surface area contributed by atoms with Crippen molar-refractivity contribution < 1.29 is 19.1 Å². The van der Waals surface area contributed by atoms with Crippen LogP contribution in [0.3, 0.4) is 0 Å². The molecule has 1 unspecified atom stereocenters. The van der Waals surface area contributed by atoms with Crippen molar-refractivity contribution in [1.82, 2.24) is 5.32 Å². The molecule has 0 saturated carbocycles. The predicted octanol–water partition coefficient (Wildman–Crippen LogP) is 1.59. The van der Waals surface area contributed by atoms with Crippen LogP contribution in [0.1, 0.15) is 31.1 Å². The van der Waals surface area contributed by atoms with Crippen molar-refractivity contribution in [3.8, 4) is 5.75 Å². The highest BCUT2D eigenvalue weighted by molar-refractivity contribution is 5.93. The fourth-order valence-electron chi connectivity index (χ4n) is 1.54. The van der Waals surface area contributed by atoms with Crippen molar-refractivity contribution in [3.05, 3.63) is 23.8 Å². The number of carbonyl (C=O) groups is 2. The minimum Gasteiger partial charge on any atom is -0.483 e. The van der Waals surface area contributed by atoms with Gasteiger partial charge in [0.2, 0.25) is 0 Å². The molecule has 1 amide bonds. The molecule has 0 radical (unpaired) electrons. The van der Waals surface area contributed by atoms with Gasteiger partial charge in [-0.1, -0.05) is 13.8 Å². The fraction of sp³-hybridized carbons (Fsp3) is 0.467. The number of hydrogen-bond donors (Lipinski definition) is 2. The molecular formula is C15H22N2O4. The molecule has 0 aliphatic carbocycles. The van der Waals surface area contributed by atoms with Gasteiger partial charge in [-0.15, -0.1) is 0 Å². The van der Waals surface area contributed by atoms with Gasteiger partial charge in [0.1, 0.15) is 11.3 Å². The van der Waals surface area contributed by atoms with E-state index >= 15 is 0 Å². The zero-order valence-electron chi connectivity index (χ0n) is 12.8. The second-order valence-electron chi connectivity index (χ2n) is 5.14. The van der Waals surface area contributed by atoms with Crippen molar-refractivity contribution >= 4 is 17.6 Å². The molecule has 0 spiro atoms. The molecule has 0 heterocycles. The Morgan fingerprint density at radius 2 is 1.95 bits per heavy atom. The second-order valence-corrected chi connectivity index (χ2v) is 5.14. The van der Waals surface area contributed by atoms with Crippen LogP contribution in [0, 0.1) is 5.92 Å². The summed E-state index contributed by atoms with van der Waals surface area (Å²) in [5, 5.41) is 2.82. The predicted molar refractivity (Wildman–Crippen MR) is 80.1 cm³/mol. The number of nitrogens with one attached hydrogen (secondary N) is 1. The number of hydrogen-bond acceptors (Lipinski definition) is 5. The Balaban J connectivity index is 2.72. The highest BCUT2D eigenvalue weighted by Crippen LogP contribution is 2.22. The lowest BCUT2D eigenvalue weighted by molar-refractivity contribution is -0.124. The summed E-state index contributed by atoms with van der Waals surface area (Å²) in [7, 11) is 1.28. The van der Waals surface area contributed by atoms with E-state index < -0.39 is 5.97 Å². The Morgan fingerprint density at radius 3 is 2.52 bits per heavy atom. The van der Waals surface area contributed by atoms with Crippen molar-refractivity contribution in [2.75, 3.05) is 19.5 Å². The van der Waals surface area contributed by atoms with Gasteiger partial charge in [-0.3, -0.25) is 4.79 Å².